The minimum atomic E-state index is -0.547. The molecule has 0 aliphatic heterocycles. The summed E-state index contributed by atoms with van der Waals surface area (Å²) in [5.41, 5.74) is -0.325. The highest BCUT2D eigenvalue weighted by molar-refractivity contribution is 5.80. The first-order valence-corrected chi connectivity index (χ1v) is 5.74. The Hall–Kier alpha value is -0.530. The maximum atomic E-state index is 11.4. The lowest BCUT2D eigenvalue weighted by Gasteiger charge is -2.30. The number of carbonyl (C=O) groups is 1. The van der Waals surface area contributed by atoms with Crippen molar-refractivity contribution in [2.75, 3.05) is 0 Å². The van der Waals surface area contributed by atoms with E-state index in [9.17, 15) is 9.90 Å². The van der Waals surface area contributed by atoms with Gasteiger partial charge in [0.25, 0.3) is 0 Å². The number of hydrogen-bond acceptors (Lipinski definition) is 1. The number of aliphatic carboxylic acids is 1. The van der Waals surface area contributed by atoms with Crippen LogP contribution < -0.4 is 0 Å². The summed E-state index contributed by atoms with van der Waals surface area (Å²) in [5, 5.41) is 9.39. The lowest BCUT2D eigenvalue weighted by Crippen LogP contribution is -2.31. The van der Waals surface area contributed by atoms with Crippen LogP contribution in [-0.4, -0.2) is 11.1 Å². The average molecular weight is 196 g/mol. The quantitative estimate of drug-likeness (QED) is 0.737. The Kier molecular flexibility index (Phi) is 2.13. The predicted octanol–water partition coefficient (Wildman–Crippen LogP) is 3.07. The molecule has 2 fully saturated rings. The molecule has 2 aliphatic carbocycles. The van der Waals surface area contributed by atoms with Gasteiger partial charge in [-0.15, -0.1) is 0 Å². The normalized spacial score (nSPS) is 36.7. The van der Waals surface area contributed by atoms with E-state index in [2.05, 4.69) is 13.8 Å². The minimum Gasteiger partial charge on any atom is -0.481 e. The Labute approximate surface area is 85.7 Å². The lowest BCUT2D eigenvalue weighted by molar-refractivity contribution is -0.148. The first kappa shape index (κ1) is 10.0. The van der Waals surface area contributed by atoms with Crippen LogP contribution in [0.2, 0.25) is 0 Å². The van der Waals surface area contributed by atoms with Crippen molar-refractivity contribution in [3.05, 3.63) is 0 Å². The molecule has 2 heteroatoms. The molecule has 0 spiro atoms. The Balaban J connectivity index is 2.17. The molecule has 0 radical (unpaired) electrons. The first-order chi connectivity index (χ1) is 6.51. The summed E-state index contributed by atoms with van der Waals surface area (Å²) in [6.45, 7) is 4.21. The second kappa shape index (κ2) is 2.98. The van der Waals surface area contributed by atoms with E-state index in [1.807, 2.05) is 0 Å². The molecule has 0 aromatic heterocycles. The smallest absolute Gasteiger partial charge is 0.310 e. The van der Waals surface area contributed by atoms with Crippen LogP contribution in [0.15, 0.2) is 0 Å². The van der Waals surface area contributed by atoms with Crippen LogP contribution in [0, 0.1) is 16.7 Å². The fraction of sp³-hybridized carbons (Fsp3) is 0.917. The maximum Gasteiger partial charge on any atom is 0.310 e. The highest BCUT2D eigenvalue weighted by atomic mass is 16.4. The van der Waals surface area contributed by atoms with Crippen molar-refractivity contribution < 1.29 is 9.90 Å². The van der Waals surface area contributed by atoms with E-state index in [-0.39, 0.29) is 10.8 Å². The Morgan fingerprint density at radius 2 is 1.71 bits per heavy atom. The van der Waals surface area contributed by atoms with Crippen LogP contribution in [0.25, 0.3) is 0 Å². The largest absolute Gasteiger partial charge is 0.481 e. The standard InChI is InChI=1S/C12H20O2/c1-11(2)8-12(11,10(13)14)9-6-4-3-5-7-9/h9H,3-8H2,1-2H3,(H,13,14). The van der Waals surface area contributed by atoms with E-state index in [1.54, 1.807) is 0 Å². The second-order valence-electron chi connectivity index (χ2n) is 5.67. The molecule has 1 atom stereocenters. The van der Waals surface area contributed by atoms with E-state index in [4.69, 9.17) is 0 Å². The number of carboxylic acid groups (broad SMARTS) is 1. The Bertz CT molecular complexity index is 251. The molecule has 0 heterocycles. The topological polar surface area (TPSA) is 37.3 Å². The summed E-state index contributed by atoms with van der Waals surface area (Å²) in [7, 11) is 0. The van der Waals surface area contributed by atoms with Gasteiger partial charge in [-0.25, -0.2) is 0 Å². The highest BCUT2D eigenvalue weighted by Crippen LogP contribution is 2.69. The van der Waals surface area contributed by atoms with Crippen molar-refractivity contribution in [3.8, 4) is 0 Å². The van der Waals surface area contributed by atoms with Crippen LogP contribution in [0.3, 0.4) is 0 Å². The van der Waals surface area contributed by atoms with Gasteiger partial charge in [-0.3, -0.25) is 4.79 Å². The SMILES string of the molecule is CC1(C)CC1(C(=O)O)C1CCCCC1. The van der Waals surface area contributed by atoms with Crippen LogP contribution in [-0.2, 0) is 4.79 Å². The van der Waals surface area contributed by atoms with Gasteiger partial charge in [0.1, 0.15) is 0 Å². The third-order valence-electron chi connectivity index (χ3n) is 4.49. The number of hydrogen-bond donors (Lipinski definition) is 1. The van der Waals surface area contributed by atoms with Crippen molar-refractivity contribution >= 4 is 5.97 Å². The van der Waals surface area contributed by atoms with Gasteiger partial charge in [-0.05, 0) is 30.6 Å². The summed E-state index contributed by atoms with van der Waals surface area (Å²) in [6.07, 6.45) is 6.92. The summed E-state index contributed by atoms with van der Waals surface area (Å²) >= 11 is 0. The molecule has 2 saturated carbocycles. The summed E-state index contributed by atoms with van der Waals surface area (Å²) in [6, 6.07) is 0. The molecule has 0 aromatic carbocycles. The Morgan fingerprint density at radius 3 is 2.07 bits per heavy atom. The average Bonchev–Trinajstić information content (AvgIpc) is 2.72. The molecule has 80 valence electrons. The molecule has 0 saturated heterocycles. The van der Waals surface area contributed by atoms with Crippen LogP contribution in [0.1, 0.15) is 52.4 Å². The summed E-state index contributed by atoms with van der Waals surface area (Å²) < 4.78 is 0. The third-order valence-corrected chi connectivity index (χ3v) is 4.49. The maximum absolute atomic E-state index is 11.4. The van der Waals surface area contributed by atoms with Gasteiger partial charge in [0.2, 0.25) is 0 Å². The van der Waals surface area contributed by atoms with Crippen LogP contribution in [0.4, 0.5) is 0 Å². The van der Waals surface area contributed by atoms with E-state index >= 15 is 0 Å². The zero-order valence-electron chi connectivity index (χ0n) is 9.18. The molecule has 2 rings (SSSR count). The van der Waals surface area contributed by atoms with Crippen molar-refractivity contribution in [1.82, 2.24) is 0 Å². The molecule has 0 bridgehead atoms. The molecule has 0 amide bonds. The molecule has 1 N–H and O–H groups in total. The molecule has 2 aliphatic rings. The van der Waals surface area contributed by atoms with Gasteiger partial charge >= 0.3 is 5.97 Å². The third kappa shape index (κ3) is 1.19. The van der Waals surface area contributed by atoms with E-state index < -0.39 is 5.97 Å². The number of rotatable bonds is 2. The second-order valence-corrected chi connectivity index (χ2v) is 5.67. The van der Waals surface area contributed by atoms with Gasteiger partial charge in [0.15, 0.2) is 0 Å². The molecule has 14 heavy (non-hydrogen) atoms. The van der Waals surface area contributed by atoms with E-state index in [0.29, 0.717) is 5.92 Å². The van der Waals surface area contributed by atoms with Crippen LogP contribution >= 0.6 is 0 Å². The van der Waals surface area contributed by atoms with E-state index in [1.165, 1.54) is 19.3 Å². The molecular formula is C12H20O2. The zero-order chi connectivity index (χ0) is 10.4. The minimum absolute atomic E-state index is 0.0425. The van der Waals surface area contributed by atoms with Crippen molar-refractivity contribution in [2.45, 2.75) is 52.4 Å². The van der Waals surface area contributed by atoms with Gasteiger partial charge in [0, 0.05) is 0 Å². The monoisotopic (exact) mass is 196 g/mol. The molecular weight excluding hydrogens is 176 g/mol. The molecule has 2 nitrogen and oxygen atoms in total. The lowest BCUT2D eigenvalue weighted by atomic mass is 9.74. The van der Waals surface area contributed by atoms with Gasteiger partial charge < -0.3 is 5.11 Å². The number of carboxylic acids is 1. The van der Waals surface area contributed by atoms with Gasteiger partial charge in [-0.1, -0.05) is 33.1 Å². The predicted molar refractivity (Wildman–Crippen MR) is 55.0 cm³/mol. The van der Waals surface area contributed by atoms with Crippen LogP contribution in [0.5, 0.6) is 0 Å². The molecule has 1 unspecified atom stereocenters. The Morgan fingerprint density at radius 1 is 1.21 bits per heavy atom. The van der Waals surface area contributed by atoms with Crippen molar-refractivity contribution in [1.29, 1.82) is 0 Å². The zero-order valence-corrected chi connectivity index (χ0v) is 9.18. The highest BCUT2D eigenvalue weighted by Gasteiger charge is 2.69. The first-order valence-electron chi connectivity index (χ1n) is 5.74. The van der Waals surface area contributed by atoms with Crippen molar-refractivity contribution in [2.24, 2.45) is 16.7 Å². The fourth-order valence-corrected chi connectivity index (χ4v) is 3.48. The van der Waals surface area contributed by atoms with Gasteiger partial charge in [0.05, 0.1) is 5.41 Å². The fourth-order valence-electron chi connectivity index (χ4n) is 3.48. The molecule has 0 aromatic rings. The van der Waals surface area contributed by atoms with E-state index in [0.717, 1.165) is 19.3 Å². The summed E-state index contributed by atoms with van der Waals surface area (Å²) in [5.74, 6) is -0.0989. The summed E-state index contributed by atoms with van der Waals surface area (Å²) in [4.78, 5) is 11.4. The van der Waals surface area contributed by atoms with Gasteiger partial charge in [-0.2, -0.15) is 0 Å². The van der Waals surface area contributed by atoms with Crippen molar-refractivity contribution in [3.63, 3.8) is 0 Å².